The molecular weight excluding hydrogens is 412 g/mol. The molecule has 0 aliphatic heterocycles. The van der Waals surface area contributed by atoms with E-state index in [0.717, 1.165) is 0 Å². The van der Waals surface area contributed by atoms with Crippen LogP contribution < -0.4 is 14.8 Å². The number of nitrogens with one attached hydrogen (secondary N) is 1. The average Bonchev–Trinajstić information content (AvgIpc) is 3.13. The summed E-state index contributed by atoms with van der Waals surface area (Å²) in [6.07, 6.45) is 0.353. The Labute approximate surface area is 175 Å². The number of halogens is 1. The van der Waals surface area contributed by atoms with Crippen molar-refractivity contribution in [3.8, 4) is 0 Å². The molecule has 0 radical (unpaired) electrons. The summed E-state index contributed by atoms with van der Waals surface area (Å²) in [4.78, 5) is 11.4. The van der Waals surface area contributed by atoms with E-state index >= 15 is 0 Å². The molecule has 2 heterocycles. The van der Waals surface area contributed by atoms with Gasteiger partial charge in [0.25, 0.3) is 11.2 Å². The Morgan fingerprint density at radius 1 is 1.23 bits per heavy atom. The zero-order valence-corrected chi connectivity index (χ0v) is 16.8. The minimum atomic E-state index is -0.996. The number of carbonyl (C=O) groups is 1. The lowest BCUT2D eigenvalue weighted by atomic mass is 10.2. The van der Waals surface area contributed by atoms with Gasteiger partial charge in [-0.1, -0.05) is 23.7 Å². The van der Waals surface area contributed by atoms with E-state index in [4.69, 9.17) is 11.6 Å². The van der Waals surface area contributed by atoms with Crippen LogP contribution in [-0.4, -0.2) is 26.1 Å². The third kappa shape index (κ3) is 3.11. The van der Waals surface area contributed by atoms with Crippen LogP contribution in [-0.2, 0) is 4.79 Å². The molecule has 0 bridgehead atoms. The first-order chi connectivity index (χ1) is 14.3. The summed E-state index contributed by atoms with van der Waals surface area (Å²) in [5, 5.41) is 46.1. The number of aromatic nitrogens is 5. The highest BCUT2D eigenvalue weighted by atomic mass is 35.5. The average molecular weight is 429 g/mol. The van der Waals surface area contributed by atoms with Crippen molar-refractivity contribution < 1.29 is 19.4 Å². The Morgan fingerprint density at radius 3 is 2.70 bits per heavy atom. The predicted octanol–water partition coefficient (Wildman–Crippen LogP) is 2.59. The molecule has 30 heavy (non-hydrogen) atoms. The summed E-state index contributed by atoms with van der Waals surface area (Å²) in [5.74, 6) is -0.951. The first-order valence-electron chi connectivity index (χ1n) is 9.11. The number of nitrogens with zero attached hydrogens (tertiary/aromatic N) is 5. The molecule has 1 unspecified atom stereocenters. The van der Waals surface area contributed by atoms with E-state index in [1.54, 1.807) is 31.2 Å². The second-order valence-corrected chi connectivity index (χ2v) is 7.22. The Balaban J connectivity index is 1.78. The molecule has 2 aromatic heterocycles. The van der Waals surface area contributed by atoms with Crippen molar-refractivity contribution in [1.82, 2.24) is 15.0 Å². The van der Waals surface area contributed by atoms with E-state index in [-0.39, 0.29) is 22.5 Å². The van der Waals surface area contributed by atoms with Gasteiger partial charge in [-0.2, -0.15) is 4.73 Å². The fourth-order valence-corrected chi connectivity index (χ4v) is 3.52. The standard InChI is InChI=1S/C19H17ClN6O4/c1-3-14(19(27)28)24-15-7-5-12(9-13(15)22-23-24)21-18-10(2)25(29)16-6-4-11(20)8-17(16)26(18)30/h4-9,14,21H,3H2,1-2H3,(H,27,28). The number of hydrogen-bond donors (Lipinski definition) is 2. The minimum Gasteiger partial charge on any atom is -0.710 e. The fourth-order valence-electron chi connectivity index (χ4n) is 3.36. The zero-order chi connectivity index (χ0) is 21.6. The van der Waals surface area contributed by atoms with Crippen LogP contribution in [0.3, 0.4) is 0 Å². The summed E-state index contributed by atoms with van der Waals surface area (Å²) in [5.41, 5.74) is 2.01. The van der Waals surface area contributed by atoms with Crippen molar-refractivity contribution in [3.05, 3.63) is 57.5 Å². The molecule has 0 saturated heterocycles. The molecular formula is C19H17ClN6O4. The Bertz CT molecular complexity index is 1310. The van der Waals surface area contributed by atoms with Gasteiger partial charge in [-0.3, -0.25) is 0 Å². The van der Waals surface area contributed by atoms with Gasteiger partial charge in [0, 0.05) is 30.1 Å². The summed E-state index contributed by atoms with van der Waals surface area (Å²) in [7, 11) is 0. The molecule has 0 fully saturated rings. The quantitative estimate of drug-likeness (QED) is 0.368. The molecule has 0 amide bonds. The van der Waals surface area contributed by atoms with E-state index in [1.165, 1.54) is 23.7 Å². The normalized spacial score (nSPS) is 12.4. The molecule has 10 nitrogen and oxygen atoms in total. The lowest BCUT2D eigenvalue weighted by Gasteiger charge is -2.14. The number of rotatable bonds is 5. The Morgan fingerprint density at radius 2 is 2.00 bits per heavy atom. The first kappa shape index (κ1) is 19.6. The van der Waals surface area contributed by atoms with Crippen LogP contribution in [0.1, 0.15) is 25.1 Å². The second-order valence-electron chi connectivity index (χ2n) is 6.78. The summed E-state index contributed by atoms with van der Waals surface area (Å²) in [6.45, 7) is 3.29. The van der Waals surface area contributed by atoms with Crippen molar-refractivity contribution >= 4 is 51.1 Å². The van der Waals surface area contributed by atoms with Crippen molar-refractivity contribution in [2.24, 2.45) is 0 Å². The van der Waals surface area contributed by atoms with Gasteiger partial charge in [0.05, 0.1) is 5.52 Å². The SMILES string of the molecule is CCC(C(=O)O)n1nnc2cc(Nc3c(C)[n+]([O-])c4ccc(Cl)cc4[n+]3[O-])ccc21. The van der Waals surface area contributed by atoms with E-state index in [0.29, 0.717) is 37.6 Å². The van der Waals surface area contributed by atoms with Crippen molar-refractivity contribution in [3.63, 3.8) is 0 Å². The molecule has 0 aliphatic rings. The summed E-state index contributed by atoms with van der Waals surface area (Å²) < 4.78 is 2.63. The molecule has 0 saturated carbocycles. The molecule has 154 valence electrons. The lowest BCUT2D eigenvalue weighted by Crippen LogP contribution is -2.43. The number of hydrogen-bond acceptors (Lipinski definition) is 6. The van der Waals surface area contributed by atoms with Gasteiger partial charge in [0.1, 0.15) is 11.2 Å². The number of fused-ring (bicyclic) bond motifs is 2. The van der Waals surface area contributed by atoms with Crippen molar-refractivity contribution in [2.45, 2.75) is 26.3 Å². The van der Waals surface area contributed by atoms with Crippen LogP contribution >= 0.6 is 11.6 Å². The smallest absolute Gasteiger partial charge is 0.352 e. The number of anilines is 2. The highest BCUT2D eigenvalue weighted by molar-refractivity contribution is 6.31. The molecule has 1 atom stereocenters. The lowest BCUT2D eigenvalue weighted by molar-refractivity contribution is -0.623. The highest BCUT2D eigenvalue weighted by Gasteiger charge is 2.25. The van der Waals surface area contributed by atoms with Crippen LogP contribution in [0.5, 0.6) is 0 Å². The van der Waals surface area contributed by atoms with Crippen molar-refractivity contribution in [1.29, 1.82) is 0 Å². The van der Waals surface area contributed by atoms with Gasteiger partial charge >= 0.3 is 11.8 Å². The maximum absolute atomic E-state index is 12.9. The largest absolute Gasteiger partial charge is 0.710 e. The molecule has 2 N–H and O–H groups in total. The third-order valence-corrected chi connectivity index (χ3v) is 5.16. The number of carboxylic acid groups (broad SMARTS) is 1. The maximum Gasteiger partial charge on any atom is 0.352 e. The molecule has 4 aromatic rings. The van der Waals surface area contributed by atoms with Crippen LogP contribution in [0.25, 0.3) is 22.1 Å². The number of aliphatic carboxylic acids is 1. The fraction of sp³-hybridized carbons (Fsp3) is 0.211. The van der Waals surface area contributed by atoms with Gasteiger partial charge in [-0.05, 0) is 24.6 Å². The maximum atomic E-state index is 12.9. The molecule has 4 rings (SSSR count). The van der Waals surface area contributed by atoms with Crippen LogP contribution in [0.4, 0.5) is 11.5 Å². The molecule has 0 spiro atoms. The third-order valence-electron chi connectivity index (χ3n) is 4.93. The minimum absolute atomic E-state index is 0.0449. The zero-order valence-electron chi connectivity index (χ0n) is 16.0. The monoisotopic (exact) mass is 428 g/mol. The Kier molecular flexibility index (Phi) is 4.78. The number of benzene rings is 2. The second kappa shape index (κ2) is 7.30. The van der Waals surface area contributed by atoms with E-state index in [2.05, 4.69) is 15.6 Å². The summed E-state index contributed by atoms with van der Waals surface area (Å²) >= 11 is 5.98. The van der Waals surface area contributed by atoms with E-state index < -0.39 is 12.0 Å². The van der Waals surface area contributed by atoms with E-state index in [9.17, 15) is 20.3 Å². The van der Waals surface area contributed by atoms with Gasteiger partial charge in [-0.25, -0.2) is 19.5 Å². The number of carboxylic acids is 1. The Hall–Kier alpha value is -3.66. The topological polar surface area (TPSA) is 134 Å². The van der Waals surface area contributed by atoms with Crippen LogP contribution in [0.2, 0.25) is 5.02 Å². The predicted molar refractivity (Wildman–Crippen MR) is 109 cm³/mol. The van der Waals surface area contributed by atoms with Gasteiger partial charge < -0.3 is 15.5 Å². The van der Waals surface area contributed by atoms with Crippen LogP contribution in [0.15, 0.2) is 36.4 Å². The van der Waals surface area contributed by atoms with Gasteiger partial charge in [0.2, 0.25) is 5.52 Å². The highest BCUT2D eigenvalue weighted by Crippen LogP contribution is 2.24. The molecule has 2 aromatic carbocycles. The van der Waals surface area contributed by atoms with Crippen molar-refractivity contribution in [2.75, 3.05) is 5.32 Å². The van der Waals surface area contributed by atoms with E-state index in [1.807, 2.05) is 0 Å². The van der Waals surface area contributed by atoms with Crippen LogP contribution in [0, 0.1) is 17.3 Å². The first-order valence-corrected chi connectivity index (χ1v) is 9.49. The summed E-state index contributed by atoms with van der Waals surface area (Å²) in [6, 6.07) is 8.59. The van der Waals surface area contributed by atoms with Gasteiger partial charge in [-0.15, -0.1) is 5.10 Å². The van der Waals surface area contributed by atoms with Gasteiger partial charge in [0.15, 0.2) is 6.04 Å². The molecule has 11 heteroatoms. The molecule has 0 aliphatic carbocycles.